The van der Waals surface area contributed by atoms with Crippen molar-refractivity contribution in [2.24, 2.45) is 0 Å². The minimum atomic E-state index is -0.408. The molecule has 0 saturated carbocycles. The monoisotopic (exact) mass is 306 g/mol. The molecule has 1 aromatic carbocycles. The van der Waals surface area contributed by atoms with Gasteiger partial charge in [0.05, 0.1) is 28.3 Å². The van der Waals surface area contributed by atoms with Crippen LogP contribution in [0, 0.1) is 0 Å². The molecular weight excluding hydrogens is 291 g/mol. The topological polar surface area (TPSA) is 84.6 Å². The lowest BCUT2D eigenvalue weighted by Gasteiger charge is -2.17. The highest BCUT2D eigenvalue weighted by Gasteiger charge is 2.18. The van der Waals surface area contributed by atoms with E-state index in [1.54, 1.807) is 0 Å². The Morgan fingerprint density at radius 3 is 2.79 bits per heavy atom. The standard InChI is InChI=1S/C12H16Cl2N2O3/c1-19-6-8(2-3-17)16-12(18)9-4-7(15)5-10(13)11(9)14/h4-5,8,17H,2-3,6,15H2,1H3,(H,16,18). The summed E-state index contributed by atoms with van der Waals surface area (Å²) in [5.41, 5.74) is 6.18. The molecule has 1 atom stereocenters. The van der Waals surface area contributed by atoms with Gasteiger partial charge in [-0.1, -0.05) is 23.2 Å². The molecule has 4 N–H and O–H groups in total. The number of nitrogens with two attached hydrogens (primary N) is 1. The Morgan fingerprint density at radius 2 is 2.21 bits per heavy atom. The van der Waals surface area contributed by atoms with Crippen molar-refractivity contribution >= 4 is 34.8 Å². The summed E-state index contributed by atoms with van der Waals surface area (Å²) in [7, 11) is 1.51. The van der Waals surface area contributed by atoms with Crippen LogP contribution >= 0.6 is 23.2 Å². The van der Waals surface area contributed by atoms with Gasteiger partial charge in [0.15, 0.2) is 0 Å². The molecule has 1 unspecified atom stereocenters. The maximum Gasteiger partial charge on any atom is 0.253 e. The van der Waals surface area contributed by atoms with Gasteiger partial charge in [-0.2, -0.15) is 0 Å². The second-order valence-corrected chi connectivity index (χ2v) is 4.79. The molecule has 106 valence electrons. The molecule has 1 aromatic rings. The molecule has 7 heteroatoms. The van der Waals surface area contributed by atoms with Crippen LogP contribution < -0.4 is 11.1 Å². The van der Waals surface area contributed by atoms with Crippen LogP contribution in [0.5, 0.6) is 0 Å². The van der Waals surface area contributed by atoms with Crippen molar-refractivity contribution in [1.82, 2.24) is 5.32 Å². The van der Waals surface area contributed by atoms with E-state index in [1.165, 1.54) is 19.2 Å². The molecule has 1 amide bonds. The zero-order valence-corrected chi connectivity index (χ0v) is 12.0. The summed E-state index contributed by atoms with van der Waals surface area (Å²) in [4.78, 5) is 12.1. The average Bonchev–Trinajstić information content (AvgIpc) is 2.34. The third kappa shape index (κ3) is 4.54. The van der Waals surface area contributed by atoms with Crippen molar-refractivity contribution in [3.63, 3.8) is 0 Å². The molecule has 0 aliphatic carbocycles. The van der Waals surface area contributed by atoms with E-state index in [-0.39, 0.29) is 28.3 Å². The summed E-state index contributed by atoms with van der Waals surface area (Å²) in [5.74, 6) is -0.408. The number of hydrogen-bond donors (Lipinski definition) is 3. The van der Waals surface area contributed by atoms with Crippen molar-refractivity contribution in [1.29, 1.82) is 0 Å². The first kappa shape index (κ1) is 16.0. The number of hydrogen-bond acceptors (Lipinski definition) is 4. The van der Waals surface area contributed by atoms with Gasteiger partial charge in [0, 0.05) is 19.4 Å². The predicted molar refractivity (Wildman–Crippen MR) is 75.7 cm³/mol. The van der Waals surface area contributed by atoms with E-state index in [0.29, 0.717) is 18.7 Å². The van der Waals surface area contributed by atoms with E-state index in [9.17, 15) is 4.79 Å². The minimum Gasteiger partial charge on any atom is -0.399 e. The number of rotatable bonds is 6. The van der Waals surface area contributed by atoms with Gasteiger partial charge in [0.1, 0.15) is 0 Å². The molecule has 0 aliphatic heterocycles. The number of aliphatic hydroxyl groups is 1. The molecule has 0 heterocycles. The van der Waals surface area contributed by atoms with Crippen LogP contribution in [-0.4, -0.2) is 37.4 Å². The quantitative estimate of drug-likeness (QED) is 0.698. The highest BCUT2D eigenvalue weighted by molar-refractivity contribution is 6.44. The van der Waals surface area contributed by atoms with Crippen molar-refractivity contribution in [3.05, 3.63) is 27.7 Å². The van der Waals surface area contributed by atoms with Crippen LogP contribution in [0.2, 0.25) is 10.0 Å². The predicted octanol–water partition coefficient (Wildman–Crippen LogP) is 1.70. The smallest absolute Gasteiger partial charge is 0.253 e. The van der Waals surface area contributed by atoms with Gasteiger partial charge in [0.2, 0.25) is 0 Å². The number of ether oxygens (including phenoxy) is 1. The number of amides is 1. The minimum absolute atomic E-state index is 0.0558. The first-order chi connectivity index (χ1) is 8.99. The Bertz CT molecular complexity index is 449. The highest BCUT2D eigenvalue weighted by atomic mass is 35.5. The molecule has 0 radical (unpaired) electrons. The largest absolute Gasteiger partial charge is 0.399 e. The van der Waals surface area contributed by atoms with E-state index in [2.05, 4.69) is 5.32 Å². The van der Waals surface area contributed by atoms with Crippen LogP contribution in [0.3, 0.4) is 0 Å². The maximum absolute atomic E-state index is 12.1. The summed E-state index contributed by atoms with van der Waals surface area (Å²) in [5, 5.41) is 12.0. The van der Waals surface area contributed by atoms with Crippen LogP contribution in [-0.2, 0) is 4.74 Å². The molecule has 5 nitrogen and oxygen atoms in total. The zero-order valence-electron chi connectivity index (χ0n) is 10.5. The van der Waals surface area contributed by atoms with Crippen LogP contribution in [0.25, 0.3) is 0 Å². The van der Waals surface area contributed by atoms with E-state index in [0.717, 1.165) is 0 Å². The second kappa shape index (κ2) is 7.55. The van der Waals surface area contributed by atoms with E-state index in [1.807, 2.05) is 0 Å². The molecule has 0 aliphatic rings. The Morgan fingerprint density at radius 1 is 1.53 bits per heavy atom. The summed E-state index contributed by atoms with van der Waals surface area (Å²) in [6, 6.07) is 2.62. The van der Waals surface area contributed by atoms with Crippen molar-refractivity contribution in [2.75, 3.05) is 26.1 Å². The molecule has 0 spiro atoms. The van der Waals surface area contributed by atoms with Crippen LogP contribution in [0.4, 0.5) is 5.69 Å². The molecule has 1 rings (SSSR count). The fourth-order valence-electron chi connectivity index (χ4n) is 1.59. The van der Waals surface area contributed by atoms with Crippen molar-refractivity contribution in [2.45, 2.75) is 12.5 Å². The SMILES string of the molecule is COCC(CCO)NC(=O)c1cc(N)cc(Cl)c1Cl. The molecule has 19 heavy (non-hydrogen) atoms. The molecule has 0 aromatic heterocycles. The fourth-order valence-corrected chi connectivity index (χ4v) is 2.02. The lowest BCUT2D eigenvalue weighted by atomic mass is 10.1. The number of benzene rings is 1. The highest BCUT2D eigenvalue weighted by Crippen LogP contribution is 2.28. The van der Waals surface area contributed by atoms with Crippen molar-refractivity contribution < 1.29 is 14.6 Å². The Labute approximate surface area is 121 Å². The number of halogens is 2. The van der Waals surface area contributed by atoms with Crippen molar-refractivity contribution in [3.8, 4) is 0 Å². The fraction of sp³-hybridized carbons (Fsp3) is 0.417. The molecule has 0 bridgehead atoms. The Balaban J connectivity index is 2.87. The lowest BCUT2D eigenvalue weighted by Crippen LogP contribution is -2.38. The van der Waals surface area contributed by atoms with Gasteiger partial charge in [-0.25, -0.2) is 0 Å². The number of methoxy groups -OCH3 is 1. The summed E-state index contributed by atoms with van der Waals surface area (Å²) in [6.07, 6.45) is 0.382. The normalized spacial score (nSPS) is 12.2. The number of carbonyl (C=O) groups excluding carboxylic acids is 1. The van der Waals surface area contributed by atoms with E-state index >= 15 is 0 Å². The van der Waals surface area contributed by atoms with Gasteiger partial charge in [-0.15, -0.1) is 0 Å². The lowest BCUT2D eigenvalue weighted by molar-refractivity contribution is 0.0879. The first-order valence-electron chi connectivity index (χ1n) is 5.64. The van der Waals surface area contributed by atoms with Crippen LogP contribution in [0.15, 0.2) is 12.1 Å². The van der Waals surface area contributed by atoms with Gasteiger partial charge in [0.25, 0.3) is 5.91 Å². The number of nitrogen functional groups attached to an aromatic ring is 1. The van der Waals surface area contributed by atoms with Gasteiger partial charge >= 0.3 is 0 Å². The maximum atomic E-state index is 12.1. The summed E-state index contributed by atoms with van der Waals surface area (Å²) < 4.78 is 4.96. The number of nitrogens with one attached hydrogen (secondary N) is 1. The number of anilines is 1. The molecule has 0 fully saturated rings. The molecular formula is C12H16Cl2N2O3. The van der Waals surface area contributed by atoms with Gasteiger partial charge in [-0.3, -0.25) is 4.79 Å². The Hall–Kier alpha value is -1.01. The van der Waals surface area contributed by atoms with E-state index < -0.39 is 5.91 Å². The second-order valence-electron chi connectivity index (χ2n) is 4.00. The summed E-state index contributed by atoms with van der Waals surface area (Å²) >= 11 is 11.8. The third-order valence-corrected chi connectivity index (χ3v) is 3.28. The van der Waals surface area contributed by atoms with E-state index in [4.69, 9.17) is 38.8 Å². The number of aliphatic hydroxyl groups excluding tert-OH is 1. The number of carbonyl (C=O) groups is 1. The van der Waals surface area contributed by atoms with Gasteiger partial charge < -0.3 is 20.9 Å². The zero-order chi connectivity index (χ0) is 14.4. The molecule has 0 saturated heterocycles. The third-order valence-electron chi connectivity index (χ3n) is 2.48. The van der Waals surface area contributed by atoms with Gasteiger partial charge in [-0.05, 0) is 18.6 Å². The van der Waals surface area contributed by atoms with Crippen LogP contribution in [0.1, 0.15) is 16.8 Å². The average molecular weight is 307 g/mol. The summed E-state index contributed by atoms with van der Waals surface area (Å²) in [6.45, 7) is 0.236. The Kier molecular flexibility index (Phi) is 6.37. The first-order valence-corrected chi connectivity index (χ1v) is 6.40.